The van der Waals surface area contributed by atoms with Gasteiger partial charge < -0.3 is 37.0 Å². The highest BCUT2D eigenvalue weighted by Gasteiger charge is 2.13. The second kappa shape index (κ2) is 13.1. The second-order valence-electron chi connectivity index (χ2n) is 6.24. The zero-order valence-electron chi connectivity index (χ0n) is 16.4. The fraction of sp³-hybridized carbons (Fsp3) is 0.222. The SMILES string of the molecule is N[C@@H](Cc1ccc(O)c(O)c1)C(=O)O.N[C@@H](Cc1ccc(O)cc1)C(=O)O.O=S(=O)(O)O. The van der Waals surface area contributed by atoms with Crippen molar-refractivity contribution in [3.63, 3.8) is 0 Å². The van der Waals surface area contributed by atoms with Crippen molar-refractivity contribution in [2.45, 2.75) is 24.9 Å². The molecule has 0 unspecified atom stereocenters. The molecule has 2 aromatic rings. The van der Waals surface area contributed by atoms with Crippen LogP contribution < -0.4 is 11.5 Å². The summed E-state index contributed by atoms with van der Waals surface area (Å²) in [6, 6.07) is 8.52. The number of hydrogen-bond acceptors (Lipinski definition) is 9. The van der Waals surface area contributed by atoms with Gasteiger partial charge in [-0.05, 0) is 48.2 Å². The summed E-state index contributed by atoms with van der Waals surface area (Å²) < 4.78 is 31.6. The maximum absolute atomic E-state index is 10.4. The lowest BCUT2D eigenvalue weighted by Gasteiger charge is -2.06. The Morgan fingerprint density at radius 2 is 1.12 bits per heavy atom. The predicted octanol–water partition coefficient (Wildman–Crippen LogP) is -0.254. The number of carboxylic acids is 2. The average Bonchev–Trinajstić information content (AvgIpc) is 2.65. The van der Waals surface area contributed by atoms with E-state index in [1.54, 1.807) is 12.1 Å². The summed E-state index contributed by atoms with van der Waals surface area (Å²) in [5, 5.41) is 44.1. The van der Waals surface area contributed by atoms with E-state index >= 15 is 0 Å². The number of hydrogen-bond donors (Lipinski definition) is 9. The first-order valence-electron chi connectivity index (χ1n) is 8.55. The molecule has 0 aromatic heterocycles. The molecule has 0 saturated carbocycles. The monoisotopic (exact) mass is 476 g/mol. The molecule has 0 aliphatic rings. The fourth-order valence-corrected chi connectivity index (χ4v) is 2.01. The third kappa shape index (κ3) is 13.7. The van der Waals surface area contributed by atoms with Gasteiger partial charge in [-0.1, -0.05) is 18.2 Å². The Morgan fingerprint density at radius 1 is 0.750 bits per heavy atom. The van der Waals surface area contributed by atoms with Gasteiger partial charge >= 0.3 is 22.3 Å². The zero-order chi connectivity index (χ0) is 25.1. The molecular formula is C18H24N2O11S. The van der Waals surface area contributed by atoms with Crippen LogP contribution in [0.25, 0.3) is 0 Å². The van der Waals surface area contributed by atoms with Crippen molar-refractivity contribution in [3.8, 4) is 17.2 Å². The summed E-state index contributed by atoms with van der Waals surface area (Å²) >= 11 is 0. The minimum atomic E-state index is -4.67. The Morgan fingerprint density at radius 3 is 1.50 bits per heavy atom. The van der Waals surface area contributed by atoms with Gasteiger partial charge in [0.1, 0.15) is 17.8 Å². The van der Waals surface area contributed by atoms with Crippen LogP contribution in [-0.4, -0.2) is 67.1 Å². The van der Waals surface area contributed by atoms with Gasteiger partial charge in [0.2, 0.25) is 0 Å². The average molecular weight is 476 g/mol. The minimum Gasteiger partial charge on any atom is -0.508 e. The van der Waals surface area contributed by atoms with Crippen molar-refractivity contribution < 1.29 is 52.6 Å². The van der Waals surface area contributed by atoms with E-state index < -0.39 is 34.4 Å². The van der Waals surface area contributed by atoms with Crippen LogP contribution in [-0.2, 0) is 32.8 Å². The number of carbonyl (C=O) groups is 2. The highest BCUT2D eigenvalue weighted by atomic mass is 32.3. The summed E-state index contributed by atoms with van der Waals surface area (Å²) in [7, 11) is -4.67. The van der Waals surface area contributed by atoms with Gasteiger partial charge in [0.25, 0.3) is 0 Å². The van der Waals surface area contributed by atoms with Crippen molar-refractivity contribution in [1.29, 1.82) is 0 Å². The minimum absolute atomic E-state index is 0.114. The Bertz CT molecular complexity index is 986. The van der Waals surface area contributed by atoms with Crippen LogP contribution in [0.2, 0.25) is 0 Å². The normalized spacial score (nSPS) is 12.2. The molecule has 32 heavy (non-hydrogen) atoms. The Kier molecular flexibility index (Phi) is 11.7. The number of nitrogens with two attached hydrogens (primary N) is 2. The number of phenolic OH excluding ortho intramolecular Hbond substituents is 3. The first-order valence-corrected chi connectivity index (χ1v) is 9.95. The Hall–Kier alpha value is -3.43. The molecule has 2 rings (SSSR count). The lowest BCUT2D eigenvalue weighted by molar-refractivity contribution is -0.139. The first kappa shape index (κ1) is 28.6. The number of aliphatic carboxylic acids is 2. The molecule has 0 spiro atoms. The lowest BCUT2D eigenvalue weighted by atomic mass is 10.1. The molecule has 0 aliphatic heterocycles. The van der Waals surface area contributed by atoms with E-state index in [2.05, 4.69) is 0 Å². The Labute approximate surface area is 182 Å². The molecular weight excluding hydrogens is 452 g/mol. The van der Waals surface area contributed by atoms with Crippen LogP contribution in [0.1, 0.15) is 11.1 Å². The van der Waals surface area contributed by atoms with Gasteiger partial charge in [-0.2, -0.15) is 8.42 Å². The molecule has 0 fully saturated rings. The molecule has 2 atom stereocenters. The number of aromatic hydroxyl groups is 3. The number of carboxylic acid groups (broad SMARTS) is 2. The van der Waals surface area contributed by atoms with E-state index in [1.807, 2.05) is 0 Å². The zero-order valence-corrected chi connectivity index (χ0v) is 17.3. The molecule has 0 saturated heterocycles. The van der Waals surface area contributed by atoms with Crippen LogP contribution in [0.3, 0.4) is 0 Å². The molecule has 178 valence electrons. The highest BCUT2D eigenvalue weighted by Crippen LogP contribution is 2.25. The molecule has 0 heterocycles. The molecule has 14 heteroatoms. The van der Waals surface area contributed by atoms with Crippen molar-refractivity contribution in [2.75, 3.05) is 0 Å². The molecule has 13 nitrogen and oxygen atoms in total. The van der Waals surface area contributed by atoms with Crippen LogP contribution in [0, 0.1) is 0 Å². The van der Waals surface area contributed by atoms with Crippen molar-refractivity contribution in [2.24, 2.45) is 11.5 Å². The molecule has 0 bridgehead atoms. The molecule has 2 aromatic carbocycles. The number of benzene rings is 2. The van der Waals surface area contributed by atoms with Crippen molar-refractivity contribution in [1.82, 2.24) is 0 Å². The van der Waals surface area contributed by atoms with E-state index in [-0.39, 0.29) is 30.1 Å². The maximum Gasteiger partial charge on any atom is 0.394 e. The smallest absolute Gasteiger partial charge is 0.394 e. The van der Waals surface area contributed by atoms with Crippen LogP contribution in [0.15, 0.2) is 42.5 Å². The van der Waals surface area contributed by atoms with Gasteiger partial charge in [-0.3, -0.25) is 18.7 Å². The predicted molar refractivity (Wildman–Crippen MR) is 111 cm³/mol. The summed E-state index contributed by atoms with van der Waals surface area (Å²) in [5.74, 6) is -2.48. The van der Waals surface area contributed by atoms with E-state index in [0.29, 0.717) is 5.56 Å². The van der Waals surface area contributed by atoms with E-state index in [0.717, 1.165) is 5.56 Å². The van der Waals surface area contributed by atoms with Crippen LogP contribution in [0.5, 0.6) is 17.2 Å². The first-order chi connectivity index (χ1) is 14.6. The molecule has 11 N–H and O–H groups in total. The second-order valence-corrected chi connectivity index (χ2v) is 7.13. The van der Waals surface area contributed by atoms with Gasteiger partial charge in [-0.15, -0.1) is 0 Å². The standard InChI is InChI=1S/C9H11NO4.C9H11NO3.H2O4S/c10-6(9(13)14)3-5-1-2-7(11)8(12)4-5;10-8(9(12)13)5-6-1-3-7(11)4-2-6;1-5(2,3)4/h1-2,4,6,11-12H,3,10H2,(H,13,14);1-4,8,11H,5,10H2,(H,12,13);(H2,1,2,3,4)/t6-;8-;/m00./s1. The Balaban J connectivity index is 0.000000499. The van der Waals surface area contributed by atoms with Gasteiger partial charge in [-0.25, -0.2) is 0 Å². The maximum atomic E-state index is 10.4. The summed E-state index contributed by atoms with van der Waals surface area (Å²) in [5.41, 5.74) is 12.0. The van der Waals surface area contributed by atoms with Crippen molar-refractivity contribution in [3.05, 3.63) is 53.6 Å². The summed E-state index contributed by atoms with van der Waals surface area (Å²) in [6.07, 6.45) is 0.388. The number of rotatable bonds is 6. The van der Waals surface area contributed by atoms with E-state index in [1.165, 1.54) is 30.3 Å². The highest BCUT2D eigenvalue weighted by molar-refractivity contribution is 7.79. The molecule has 0 amide bonds. The summed E-state index contributed by atoms with van der Waals surface area (Å²) in [4.78, 5) is 20.8. The van der Waals surface area contributed by atoms with Gasteiger partial charge in [0.05, 0.1) is 0 Å². The van der Waals surface area contributed by atoms with Crippen molar-refractivity contribution >= 4 is 22.3 Å². The summed E-state index contributed by atoms with van der Waals surface area (Å²) in [6.45, 7) is 0. The van der Waals surface area contributed by atoms with E-state index in [4.69, 9.17) is 54.5 Å². The van der Waals surface area contributed by atoms with Crippen LogP contribution >= 0.6 is 0 Å². The third-order valence-electron chi connectivity index (χ3n) is 3.52. The molecule has 0 radical (unpaired) electrons. The quantitative estimate of drug-likeness (QED) is 0.192. The lowest BCUT2D eigenvalue weighted by Crippen LogP contribution is -2.32. The third-order valence-corrected chi connectivity index (χ3v) is 3.52. The van der Waals surface area contributed by atoms with Gasteiger partial charge in [0.15, 0.2) is 11.5 Å². The van der Waals surface area contributed by atoms with Crippen LogP contribution in [0.4, 0.5) is 0 Å². The van der Waals surface area contributed by atoms with Gasteiger partial charge in [0, 0.05) is 0 Å². The largest absolute Gasteiger partial charge is 0.508 e. The van der Waals surface area contributed by atoms with E-state index in [9.17, 15) is 9.59 Å². The number of phenols is 3. The molecule has 0 aliphatic carbocycles. The fourth-order valence-electron chi connectivity index (χ4n) is 2.01. The topological polar surface area (TPSA) is 262 Å².